The first-order valence-corrected chi connectivity index (χ1v) is 7.69. The molecule has 0 aromatic carbocycles. The summed E-state index contributed by atoms with van der Waals surface area (Å²) in [6, 6.07) is -1.23. The molecule has 1 saturated heterocycles. The van der Waals surface area contributed by atoms with E-state index in [2.05, 4.69) is 0 Å². The molecule has 0 radical (unpaired) electrons. The van der Waals surface area contributed by atoms with E-state index >= 15 is 0 Å². The summed E-state index contributed by atoms with van der Waals surface area (Å²) in [7, 11) is 0. The molecule has 8 nitrogen and oxygen atoms in total. The Morgan fingerprint density at radius 3 is 2.56 bits per heavy atom. The molecular formula is C15H21F2N3O5. The van der Waals surface area contributed by atoms with Crippen LogP contribution < -0.4 is 11.2 Å². The molecule has 2 heterocycles. The molecule has 2 atom stereocenters. The van der Waals surface area contributed by atoms with Gasteiger partial charge in [0.05, 0.1) is 12.6 Å². The molecule has 10 heteroatoms. The van der Waals surface area contributed by atoms with Crippen molar-refractivity contribution in [2.75, 3.05) is 6.61 Å². The third-order valence-corrected chi connectivity index (χ3v) is 3.77. The van der Waals surface area contributed by atoms with Crippen LogP contribution >= 0.6 is 0 Å². The number of aromatic amines is 1. The fourth-order valence-corrected chi connectivity index (χ4v) is 2.74. The van der Waals surface area contributed by atoms with E-state index in [0.29, 0.717) is 9.47 Å². The monoisotopic (exact) mass is 361 g/mol. The average Bonchev–Trinajstić information content (AvgIpc) is 2.72. The van der Waals surface area contributed by atoms with Crippen molar-refractivity contribution in [3.05, 3.63) is 32.6 Å². The van der Waals surface area contributed by atoms with Gasteiger partial charge in [-0.2, -0.15) is 0 Å². The van der Waals surface area contributed by atoms with Gasteiger partial charge >= 0.3 is 11.8 Å². The summed E-state index contributed by atoms with van der Waals surface area (Å²) in [5.41, 5.74) is -2.70. The lowest BCUT2D eigenvalue weighted by atomic mass is 10.2. The van der Waals surface area contributed by atoms with Crippen molar-refractivity contribution in [1.82, 2.24) is 14.5 Å². The molecule has 1 aliphatic rings. The number of amides is 1. The van der Waals surface area contributed by atoms with E-state index in [0.717, 1.165) is 6.20 Å². The predicted molar refractivity (Wildman–Crippen MR) is 83.6 cm³/mol. The van der Waals surface area contributed by atoms with Crippen LogP contribution in [0.3, 0.4) is 0 Å². The summed E-state index contributed by atoms with van der Waals surface area (Å²) in [6.45, 7) is 5.33. The third-order valence-electron chi connectivity index (χ3n) is 3.77. The van der Waals surface area contributed by atoms with Crippen LogP contribution in [0, 0.1) is 6.92 Å². The molecule has 25 heavy (non-hydrogen) atoms. The Kier molecular flexibility index (Phi) is 4.77. The molecule has 2 rings (SSSR count). The summed E-state index contributed by atoms with van der Waals surface area (Å²) in [5, 5.41) is 9.42. The molecule has 1 amide bonds. The maximum atomic E-state index is 14.6. The number of hydrogen-bond donors (Lipinski definition) is 2. The number of carbonyl (C=O) groups excluding carboxylic acids is 1. The largest absolute Gasteiger partial charge is 0.444 e. The molecule has 1 fully saturated rings. The summed E-state index contributed by atoms with van der Waals surface area (Å²) in [5.74, 6) is -3.50. The van der Waals surface area contributed by atoms with Gasteiger partial charge in [0.2, 0.25) is 0 Å². The van der Waals surface area contributed by atoms with Gasteiger partial charge in [-0.1, -0.05) is 0 Å². The number of hydrogen-bond acceptors (Lipinski definition) is 5. The van der Waals surface area contributed by atoms with Crippen LogP contribution in [0.15, 0.2) is 15.8 Å². The number of aryl methyl sites for hydroxylation is 1. The van der Waals surface area contributed by atoms with E-state index in [1.165, 1.54) is 6.92 Å². The normalized spacial score (nSPS) is 22.9. The van der Waals surface area contributed by atoms with Crippen molar-refractivity contribution in [1.29, 1.82) is 0 Å². The van der Waals surface area contributed by atoms with Gasteiger partial charge in [0.15, 0.2) is 6.17 Å². The topological polar surface area (TPSA) is 105 Å². The van der Waals surface area contributed by atoms with Gasteiger partial charge < -0.3 is 9.84 Å². The molecule has 1 aromatic heterocycles. The number of nitrogens with zero attached hydrogens (tertiary/aromatic N) is 2. The fraction of sp³-hybridized carbons (Fsp3) is 0.667. The molecule has 0 aliphatic carbocycles. The lowest BCUT2D eigenvalue weighted by Crippen LogP contribution is -2.49. The summed E-state index contributed by atoms with van der Waals surface area (Å²) in [4.78, 5) is 38.6. The zero-order chi connectivity index (χ0) is 19.2. The van der Waals surface area contributed by atoms with Gasteiger partial charge in [0.25, 0.3) is 11.5 Å². The van der Waals surface area contributed by atoms with E-state index in [4.69, 9.17) is 4.74 Å². The number of aliphatic hydroxyl groups excluding tert-OH is 1. The number of halogens is 2. The van der Waals surface area contributed by atoms with Gasteiger partial charge in [-0.05, 0) is 27.7 Å². The highest BCUT2D eigenvalue weighted by molar-refractivity contribution is 5.69. The van der Waals surface area contributed by atoms with Crippen LogP contribution in [-0.2, 0) is 4.74 Å². The predicted octanol–water partition coefficient (Wildman–Crippen LogP) is 0.981. The molecule has 1 aromatic rings. The van der Waals surface area contributed by atoms with Crippen molar-refractivity contribution in [3.63, 3.8) is 0 Å². The first-order chi connectivity index (χ1) is 11.4. The zero-order valence-electron chi connectivity index (χ0n) is 14.4. The van der Waals surface area contributed by atoms with Crippen LogP contribution in [0.25, 0.3) is 0 Å². The number of carbonyl (C=O) groups is 1. The Morgan fingerprint density at radius 1 is 1.44 bits per heavy atom. The quantitative estimate of drug-likeness (QED) is 0.817. The number of aliphatic hydroxyl groups is 1. The maximum absolute atomic E-state index is 14.6. The third kappa shape index (κ3) is 3.73. The first kappa shape index (κ1) is 19.1. The van der Waals surface area contributed by atoms with Crippen molar-refractivity contribution in [3.8, 4) is 0 Å². The van der Waals surface area contributed by atoms with Crippen LogP contribution in [0.1, 0.15) is 38.9 Å². The van der Waals surface area contributed by atoms with E-state index in [9.17, 15) is 28.3 Å². The Balaban J connectivity index is 2.58. The molecular weight excluding hydrogens is 340 g/mol. The second kappa shape index (κ2) is 6.25. The minimum Gasteiger partial charge on any atom is -0.444 e. The molecule has 1 aliphatic heterocycles. The van der Waals surface area contributed by atoms with E-state index < -0.39 is 54.1 Å². The second-order valence-corrected chi connectivity index (χ2v) is 7.04. The number of alkyl halides is 2. The van der Waals surface area contributed by atoms with Crippen molar-refractivity contribution in [2.24, 2.45) is 0 Å². The second-order valence-electron chi connectivity index (χ2n) is 7.04. The number of nitrogens with one attached hydrogen (secondary N) is 1. The number of rotatable bonds is 2. The molecule has 0 spiro atoms. The molecule has 0 unspecified atom stereocenters. The minimum atomic E-state index is -3.50. The summed E-state index contributed by atoms with van der Waals surface area (Å²) < 4.78 is 34.9. The van der Waals surface area contributed by atoms with Gasteiger partial charge in [-0.25, -0.2) is 18.4 Å². The van der Waals surface area contributed by atoms with E-state index in [-0.39, 0.29) is 5.56 Å². The highest BCUT2D eigenvalue weighted by Gasteiger charge is 2.58. The van der Waals surface area contributed by atoms with Gasteiger partial charge in [0.1, 0.15) is 5.60 Å². The van der Waals surface area contributed by atoms with Crippen LogP contribution in [-0.4, -0.2) is 49.8 Å². The number of ether oxygens (including phenoxy) is 1. The molecule has 0 saturated carbocycles. The molecule has 2 N–H and O–H groups in total. The van der Waals surface area contributed by atoms with Crippen LogP contribution in [0.5, 0.6) is 0 Å². The van der Waals surface area contributed by atoms with Crippen LogP contribution in [0.2, 0.25) is 0 Å². The fourth-order valence-electron chi connectivity index (χ4n) is 2.74. The van der Waals surface area contributed by atoms with E-state index in [1.54, 1.807) is 20.8 Å². The number of H-pyrrole nitrogens is 1. The maximum Gasteiger partial charge on any atom is 0.412 e. The number of likely N-dealkylation sites (tertiary alicyclic amines) is 1. The van der Waals surface area contributed by atoms with Crippen molar-refractivity contribution < 1.29 is 23.4 Å². The minimum absolute atomic E-state index is 0.0342. The average molecular weight is 361 g/mol. The lowest BCUT2D eigenvalue weighted by Gasteiger charge is -2.33. The van der Waals surface area contributed by atoms with E-state index in [1.807, 2.05) is 4.98 Å². The first-order valence-electron chi connectivity index (χ1n) is 7.69. The molecule has 140 valence electrons. The summed E-state index contributed by atoms with van der Waals surface area (Å²) in [6.07, 6.45) is -2.96. The standard InChI is InChI=1S/C15H21F2N3O5/c1-8-6-19(12(23)18-10(8)22)11-15(16,17)5-9(7-21)20(11)13(24)25-14(2,3)4/h6,9,11,21H,5,7H2,1-4H3,(H,18,22,23)/t9-,11+/m0/s1. The number of aromatic nitrogens is 2. The highest BCUT2D eigenvalue weighted by atomic mass is 19.3. The molecule has 0 bridgehead atoms. The zero-order valence-corrected chi connectivity index (χ0v) is 14.4. The lowest BCUT2D eigenvalue weighted by molar-refractivity contribution is -0.0710. The van der Waals surface area contributed by atoms with Gasteiger partial charge in [0, 0.05) is 18.2 Å². The van der Waals surface area contributed by atoms with Gasteiger partial charge in [-0.15, -0.1) is 0 Å². The Bertz CT molecular complexity index is 781. The Morgan fingerprint density at radius 2 is 2.04 bits per heavy atom. The van der Waals surface area contributed by atoms with Crippen molar-refractivity contribution >= 4 is 6.09 Å². The highest BCUT2D eigenvalue weighted by Crippen LogP contribution is 2.44. The van der Waals surface area contributed by atoms with Crippen LogP contribution in [0.4, 0.5) is 13.6 Å². The smallest absolute Gasteiger partial charge is 0.412 e. The Labute approximate surface area is 142 Å². The summed E-state index contributed by atoms with van der Waals surface area (Å²) >= 11 is 0. The van der Waals surface area contributed by atoms with Gasteiger partial charge in [-0.3, -0.25) is 19.2 Å². The Hall–Kier alpha value is -2.23. The van der Waals surface area contributed by atoms with Crippen molar-refractivity contribution in [2.45, 2.75) is 57.8 Å². The SMILES string of the molecule is Cc1cn([C@@H]2N(C(=O)OC(C)(C)C)[C@H](CO)CC2(F)F)c(=O)[nH]c1=O.